The van der Waals surface area contributed by atoms with Crippen molar-refractivity contribution >= 4 is 28.4 Å². The molecule has 156 valence electrons. The van der Waals surface area contributed by atoms with E-state index in [0.29, 0.717) is 28.4 Å². The fraction of sp³-hybridized carbons (Fsp3) is 0.304. The minimum atomic E-state index is -0.115. The van der Waals surface area contributed by atoms with Crippen LogP contribution in [0.1, 0.15) is 28.8 Å². The van der Waals surface area contributed by atoms with Crippen molar-refractivity contribution in [2.24, 2.45) is 0 Å². The molecule has 1 aromatic heterocycles. The van der Waals surface area contributed by atoms with E-state index in [1.165, 1.54) is 0 Å². The van der Waals surface area contributed by atoms with Crippen molar-refractivity contribution in [1.29, 1.82) is 0 Å². The Bertz CT molecular complexity index is 1060. The molecule has 2 heterocycles. The van der Waals surface area contributed by atoms with Gasteiger partial charge in [-0.05, 0) is 43.2 Å². The molecule has 2 aromatic carbocycles. The predicted octanol–water partition coefficient (Wildman–Crippen LogP) is 4.00. The number of fused-ring (bicyclic) bond motifs is 1. The number of nitrogens with one attached hydrogen (secondary N) is 1. The van der Waals surface area contributed by atoms with Gasteiger partial charge >= 0.3 is 0 Å². The molecule has 1 aliphatic heterocycles. The fourth-order valence-corrected chi connectivity index (χ4v) is 4.21. The molecule has 4 rings (SSSR count). The van der Waals surface area contributed by atoms with Crippen molar-refractivity contribution in [3.05, 3.63) is 64.8 Å². The van der Waals surface area contributed by atoms with Gasteiger partial charge in [0, 0.05) is 42.8 Å². The van der Waals surface area contributed by atoms with Crippen LogP contribution in [0.3, 0.4) is 0 Å². The minimum absolute atomic E-state index is 0.106. The van der Waals surface area contributed by atoms with Crippen LogP contribution < -0.4 is 10.1 Å². The number of aromatic nitrogens is 1. The van der Waals surface area contributed by atoms with Crippen molar-refractivity contribution < 1.29 is 14.6 Å². The number of phenols is 1. The van der Waals surface area contributed by atoms with Crippen LogP contribution in [0.15, 0.2) is 48.7 Å². The first-order valence-electron chi connectivity index (χ1n) is 9.98. The smallest absolute Gasteiger partial charge is 0.255 e. The van der Waals surface area contributed by atoms with Gasteiger partial charge < -0.3 is 15.2 Å². The number of hydrogen-bond acceptors (Lipinski definition) is 5. The van der Waals surface area contributed by atoms with Gasteiger partial charge in [0.05, 0.1) is 17.7 Å². The molecule has 1 saturated heterocycles. The largest absolute Gasteiger partial charge is 0.505 e. The van der Waals surface area contributed by atoms with Gasteiger partial charge in [0.2, 0.25) is 0 Å². The van der Waals surface area contributed by atoms with Gasteiger partial charge in [-0.2, -0.15) is 0 Å². The van der Waals surface area contributed by atoms with E-state index in [-0.39, 0.29) is 17.7 Å². The molecule has 30 heavy (non-hydrogen) atoms. The maximum absolute atomic E-state index is 12.6. The van der Waals surface area contributed by atoms with Crippen molar-refractivity contribution in [2.45, 2.75) is 25.4 Å². The van der Waals surface area contributed by atoms with Crippen LogP contribution in [0.4, 0.5) is 0 Å². The molecule has 1 amide bonds. The van der Waals surface area contributed by atoms with E-state index in [2.05, 4.69) is 15.2 Å². The predicted molar refractivity (Wildman–Crippen MR) is 117 cm³/mol. The average Bonchev–Trinajstić information content (AvgIpc) is 2.78. The maximum Gasteiger partial charge on any atom is 0.255 e. The fourth-order valence-electron chi connectivity index (χ4n) is 3.93. The molecule has 1 aliphatic rings. The Kier molecular flexibility index (Phi) is 6.06. The van der Waals surface area contributed by atoms with Gasteiger partial charge in [-0.3, -0.25) is 14.7 Å². The SMILES string of the molecule is COc1ccccc1C(=O)NC1CCN(Cc2cc(Cl)c3cccnc3c2O)CC1. The highest BCUT2D eigenvalue weighted by molar-refractivity contribution is 6.35. The molecule has 0 radical (unpaired) electrons. The number of ether oxygens (including phenoxy) is 1. The Morgan fingerprint density at radius 1 is 1.27 bits per heavy atom. The number of phenolic OH excluding ortho intramolecular Hbond substituents is 1. The molecule has 3 aromatic rings. The zero-order valence-electron chi connectivity index (χ0n) is 16.8. The number of benzene rings is 2. The van der Waals surface area contributed by atoms with Crippen LogP contribution in [0.25, 0.3) is 10.9 Å². The van der Waals surface area contributed by atoms with E-state index in [9.17, 15) is 9.90 Å². The standard InChI is InChI=1S/C23H24ClN3O3/c1-30-20-7-3-2-5-18(20)23(29)26-16-8-11-27(12-9-16)14-15-13-19(24)17-6-4-10-25-21(17)22(15)28/h2-7,10,13,16,28H,8-9,11-12,14H2,1H3,(H,26,29). The maximum atomic E-state index is 12.6. The van der Waals surface area contributed by atoms with E-state index < -0.39 is 0 Å². The number of para-hydroxylation sites is 1. The second-order valence-corrected chi connectivity index (χ2v) is 7.90. The Balaban J connectivity index is 1.38. The van der Waals surface area contributed by atoms with Crippen LogP contribution in [0.5, 0.6) is 11.5 Å². The summed E-state index contributed by atoms with van der Waals surface area (Å²) in [5, 5.41) is 15.1. The summed E-state index contributed by atoms with van der Waals surface area (Å²) in [4.78, 5) is 19.1. The summed E-state index contributed by atoms with van der Waals surface area (Å²) in [6.45, 7) is 2.22. The second-order valence-electron chi connectivity index (χ2n) is 7.49. The molecular weight excluding hydrogens is 402 g/mol. The Hall–Kier alpha value is -2.83. The molecule has 0 spiro atoms. The van der Waals surface area contributed by atoms with Crippen LogP contribution in [0, 0.1) is 0 Å². The molecule has 1 fully saturated rings. The van der Waals surface area contributed by atoms with Gasteiger partial charge in [-0.15, -0.1) is 0 Å². The Morgan fingerprint density at radius 3 is 2.80 bits per heavy atom. The van der Waals surface area contributed by atoms with Crippen molar-refractivity contribution in [2.75, 3.05) is 20.2 Å². The van der Waals surface area contributed by atoms with E-state index in [0.717, 1.165) is 36.9 Å². The first kappa shape index (κ1) is 20.4. The number of likely N-dealkylation sites (tertiary alicyclic amines) is 1. The van der Waals surface area contributed by atoms with Gasteiger partial charge in [0.25, 0.3) is 5.91 Å². The third kappa shape index (κ3) is 4.20. The van der Waals surface area contributed by atoms with Crippen LogP contribution >= 0.6 is 11.6 Å². The molecule has 0 bridgehead atoms. The number of amides is 1. The van der Waals surface area contributed by atoms with Crippen molar-refractivity contribution in [1.82, 2.24) is 15.2 Å². The Morgan fingerprint density at radius 2 is 2.03 bits per heavy atom. The van der Waals surface area contributed by atoms with E-state index in [1.807, 2.05) is 24.3 Å². The first-order chi connectivity index (χ1) is 14.6. The normalized spacial score (nSPS) is 15.3. The second kappa shape index (κ2) is 8.90. The number of methoxy groups -OCH3 is 1. The molecular formula is C23H24ClN3O3. The number of piperidine rings is 1. The number of rotatable bonds is 5. The summed E-state index contributed by atoms with van der Waals surface area (Å²) < 4.78 is 5.28. The van der Waals surface area contributed by atoms with Crippen molar-refractivity contribution in [3.8, 4) is 11.5 Å². The lowest BCUT2D eigenvalue weighted by molar-refractivity contribution is 0.0906. The number of halogens is 1. The number of carbonyl (C=O) groups is 1. The topological polar surface area (TPSA) is 74.7 Å². The van der Waals surface area contributed by atoms with Gasteiger partial charge in [0.15, 0.2) is 0 Å². The summed E-state index contributed by atoms with van der Waals surface area (Å²) >= 11 is 6.39. The lowest BCUT2D eigenvalue weighted by Crippen LogP contribution is -2.44. The number of hydrogen-bond donors (Lipinski definition) is 2. The third-order valence-electron chi connectivity index (χ3n) is 5.56. The van der Waals surface area contributed by atoms with Crippen LogP contribution in [0.2, 0.25) is 5.02 Å². The van der Waals surface area contributed by atoms with Crippen LogP contribution in [-0.2, 0) is 6.54 Å². The van der Waals surface area contributed by atoms with E-state index in [4.69, 9.17) is 16.3 Å². The van der Waals surface area contributed by atoms with Gasteiger partial charge in [0.1, 0.15) is 17.0 Å². The molecule has 2 N–H and O–H groups in total. The third-order valence-corrected chi connectivity index (χ3v) is 5.88. The van der Waals surface area contributed by atoms with Crippen LogP contribution in [-0.4, -0.2) is 47.1 Å². The number of aromatic hydroxyl groups is 1. The number of nitrogens with zero attached hydrogens (tertiary/aromatic N) is 2. The first-order valence-corrected chi connectivity index (χ1v) is 10.4. The lowest BCUT2D eigenvalue weighted by atomic mass is 10.0. The summed E-state index contributed by atoms with van der Waals surface area (Å²) in [6, 6.07) is 12.8. The minimum Gasteiger partial charge on any atom is -0.505 e. The molecule has 7 heteroatoms. The van der Waals surface area contributed by atoms with Gasteiger partial charge in [-0.1, -0.05) is 23.7 Å². The summed E-state index contributed by atoms with van der Waals surface area (Å²) in [5.74, 6) is 0.641. The average molecular weight is 426 g/mol. The van der Waals surface area contributed by atoms with E-state index in [1.54, 1.807) is 31.5 Å². The molecule has 0 unspecified atom stereocenters. The zero-order valence-corrected chi connectivity index (χ0v) is 17.5. The monoisotopic (exact) mass is 425 g/mol. The molecule has 0 aliphatic carbocycles. The lowest BCUT2D eigenvalue weighted by Gasteiger charge is -2.32. The van der Waals surface area contributed by atoms with E-state index >= 15 is 0 Å². The highest BCUT2D eigenvalue weighted by atomic mass is 35.5. The summed E-state index contributed by atoms with van der Waals surface area (Å²) in [6.07, 6.45) is 3.32. The molecule has 0 saturated carbocycles. The Labute approximate surface area is 180 Å². The number of carbonyl (C=O) groups excluding carboxylic acids is 1. The summed E-state index contributed by atoms with van der Waals surface area (Å²) in [5.41, 5.74) is 1.84. The van der Waals surface area contributed by atoms with Crippen molar-refractivity contribution in [3.63, 3.8) is 0 Å². The summed E-state index contributed by atoms with van der Waals surface area (Å²) in [7, 11) is 1.56. The zero-order chi connectivity index (χ0) is 21.1. The highest BCUT2D eigenvalue weighted by Crippen LogP contribution is 2.34. The highest BCUT2D eigenvalue weighted by Gasteiger charge is 2.23. The molecule has 0 atom stereocenters. The quantitative estimate of drug-likeness (QED) is 0.646. The number of pyridine rings is 1. The van der Waals surface area contributed by atoms with Gasteiger partial charge in [-0.25, -0.2) is 0 Å². The molecule has 6 nitrogen and oxygen atoms in total.